The number of rotatable bonds is 3. The molecule has 2 heterocycles. The number of nitrogens with zero attached hydrogens (tertiary/aromatic N) is 2. The summed E-state index contributed by atoms with van der Waals surface area (Å²) in [5.41, 5.74) is 2.32. The number of methoxy groups -OCH3 is 1. The summed E-state index contributed by atoms with van der Waals surface area (Å²) in [5, 5.41) is 10.7. The van der Waals surface area contributed by atoms with E-state index in [1.807, 2.05) is 20.9 Å². The number of carbonyl (C=O) groups is 2. The van der Waals surface area contributed by atoms with E-state index in [4.69, 9.17) is 9.47 Å². The Morgan fingerprint density at radius 2 is 2.16 bits per heavy atom. The van der Waals surface area contributed by atoms with Gasteiger partial charge in [0.25, 0.3) is 5.91 Å². The summed E-state index contributed by atoms with van der Waals surface area (Å²) < 4.78 is 13.5. The quantitative estimate of drug-likeness (QED) is 0.790. The second-order valence-electron chi connectivity index (χ2n) is 9.05. The van der Waals surface area contributed by atoms with Crippen molar-refractivity contribution in [3.05, 3.63) is 35.2 Å². The Bertz CT molecular complexity index is 1080. The SMILES string of the molecule is COc1ccc2c(c1)O[C@]1(C[C@H]3CC[C@@H]1C[C@H]3C(=O)Nc1c(C)nn(C)c1C)NC2=O. The monoisotopic (exact) mass is 424 g/mol. The summed E-state index contributed by atoms with van der Waals surface area (Å²) in [7, 11) is 3.47. The standard InChI is InChI=1S/C23H28N4O4/c1-12-20(13(2)27(3)26-12)24-21(28)18-9-15-6-5-14(18)11-23(15)25-22(29)17-8-7-16(30-4)10-19(17)31-23/h7-8,10,14-15,18H,5-6,9,11H2,1-4H3,(H,24,28)(H,25,29)/t14-,15-,18-,23+/m1/s1. The summed E-state index contributed by atoms with van der Waals surface area (Å²) in [6.45, 7) is 3.86. The van der Waals surface area contributed by atoms with Crippen LogP contribution in [-0.4, -0.2) is 34.4 Å². The van der Waals surface area contributed by atoms with Crippen molar-refractivity contribution in [3.8, 4) is 11.5 Å². The summed E-state index contributed by atoms with van der Waals surface area (Å²) in [5.74, 6) is 1.24. The zero-order chi connectivity index (χ0) is 21.9. The highest BCUT2D eigenvalue weighted by Gasteiger charge is 2.57. The summed E-state index contributed by atoms with van der Waals surface area (Å²) in [4.78, 5) is 26.0. The maximum atomic E-state index is 13.2. The van der Waals surface area contributed by atoms with Crippen molar-refractivity contribution in [2.45, 2.75) is 45.3 Å². The Hall–Kier alpha value is -3.03. The van der Waals surface area contributed by atoms with Gasteiger partial charge in [-0.05, 0) is 51.2 Å². The van der Waals surface area contributed by atoms with Gasteiger partial charge in [0, 0.05) is 31.4 Å². The van der Waals surface area contributed by atoms with E-state index in [0.717, 1.165) is 29.9 Å². The van der Waals surface area contributed by atoms with Crippen molar-refractivity contribution in [1.29, 1.82) is 0 Å². The first-order valence-electron chi connectivity index (χ1n) is 10.8. The minimum Gasteiger partial charge on any atom is -0.497 e. The predicted octanol–water partition coefficient (Wildman–Crippen LogP) is 2.94. The van der Waals surface area contributed by atoms with Crippen molar-refractivity contribution in [2.75, 3.05) is 12.4 Å². The van der Waals surface area contributed by atoms with Crippen LogP contribution in [0.3, 0.4) is 0 Å². The van der Waals surface area contributed by atoms with Crippen LogP contribution in [0.15, 0.2) is 18.2 Å². The van der Waals surface area contributed by atoms with Crippen LogP contribution in [0.1, 0.15) is 47.4 Å². The smallest absolute Gasteiger partial charge is 0.258 e. The van der Waals surface area contributed by atoms with Crippen LogP contribution in [0.5, 0.6) is 11.5 Å². The fourth-order valence-electron chi connectivity index (χ4n) is 5.61. The molecule has 164 valence electrons. The molecule has 8 nitrogen and oxygen atoms in total. The lowest BCUT2D eigenvalue weighted by molar-refractivity contribution is -0.142. The summed E-state index contributed by atoms with van der Waals surface area (Å²) in [6, 6.07) is 5.26. The Labute approximate surface area is 181 Å². The third kappa shape index (κ3) is 3.07. The minimum atomic E-state index is -0.754. The van der Waals surface area contributed by atoms with Gasteiger partial charge < -0.3 is 20.1 Å². The van der Waals surface area contributed by atoms with Crippen LogP contribution in [-0.2, 0) is 11.8 Å². The number of amides is 2. The normalized spacial score (nSPS) is 28.6. The van der Waals surface area contributed by atoms with Crippen LogP contribution >= 0.6 is 0 Å². The molecule has 8 heteroatoms. The molecule has 0 saturated heterocycles. The molecule has 0 unspecified atom stereocenters. The van der Waals surface area contributed by atoms with Crippen LogP contribution in [0.4, 0.5) is 5.69 Å². The second kappa shape index (κ2) is 7.00. The molecule has 31 heavy (non-hydrogen) atoms. The molecule has 3 fully saturated rings. The average molecular weight is 425 g/mol. The number of fused-ring (bicyclic) bond motifs is 3. The van der Waals surface area contributed by atoms with Gasteiger partial charge in [-0.1, -0.05) is 0 Å². The largest absolute Gasteiger partial charge is 0.497 e. The lowest BCUT2D eigenvalue weighted by Gasteiger charge is -2.55. The molecule has 1 aromatic heterocycles. The van der Waals surface area contributed by atoms with Gasteiger partial charge in [0.15, 0.2) is 5.72 Å². The minimum absolute atomic E-state index is 0.0351. The number of hydrogen-bond donors (Lipinski definition) is 2. The van der Waals surface area contributed by atoms with Gasteiger partial charge in [0.1, 0.15) is 11.5 Å². The molecule has 6 rings (SSSR count). The lowest BCUT2D eigenvalue weighted by atomic mass is 9.60. The van der Waals surface area contributed by atoms with Gasteiger partial charge in [-0.15, -0.1) is 0 Å². The van der Waals surface area contributed by atoms with E-state index in [0.29, 0.717) is 29.9 Å². The van der Waals surface area contributed by atoms with E-state index in [2.05, 4.69) is 15.7 Å². The van der Waals surface area contributed by atoms with Gasteiger partial charge >= 0.3 is 0 Å². The zero-order valence-corrected chi connectivity index (χ0v) is 18.3. The number of nitrogens with one attached hydrogen (secondary N) is 2. The molecule has 3 aliphatic carbocycles. The van der Waals surface area contributed by atoms with Gasteiger partial charge in [0.05, 0.1) is 29.7 Å². The van der Waals surface area contributed by atoms with Crippen molar-refractivity contribution in [1.82, 2.24) is 15.1 Å². The molecule has 2 N–H and O–H groups in total. The van der Waals surface area contributed by atoms with E-state index in [-0.39, 0.29) is 29.6 Å². The molecule has 2 bridgehead atoms. The van der Waals surface area contributed by atoms with Crippen molar-refractivity contribution in [3.63, 3.8) is 0 Å². The maximum absolute atomic E-state index is 13.2. The summed E-state index contributed by atoms with van der Waals surface area (Å²) in [6.07, 6.45) is 3.20. The van der Waals surface area contributed by atoms with E-state index in [1.54, 1.807) is 30.0 Å². The molecule has 1 spiro atoms. The van der Waals surface area contributed by atoms with Gasteiger partial charge in [-0.2, -0.15) is 5.10 Å². The first-order chi connectivity index (χ1) is 14.8. The number of anilines is 1. The van der Waals surface area contributed by atoms with Crippen molar-refractivity contribution < 1.29 is 19.1 Å². The van der Waals surface area contributed by atoms with Crippen molar-refractivity contribution in [2.24, 2.45) is 24.8 Å². The second-order valence-corrected chi connectivity index (χ2v) is 9.05. The highest BCUT2D eigenvalue weighted by molar-refractivity contribution is 5.99. The number of aromatic nitrogens is 2. The fourth-order valence-corrected chi connectivity index (χ4v) is 5.61. The summed E-state index contributed by atoms with van der Waals surface area (Å²) >= 11 is 0. The number of ether oxygens (including phenoxy) is 2. The van der Waals surface area contributed by atoms with E-state index >= 15 is 0 Å². The molecule has 4 aliphatic rings. The van der Waals surface area contributed by atoms with E-state index in [1.165, 1.54) is 0 Å². The molecule has 3 saturated carbocycles. The molecule has 4 atom stereocenters. The number of carbonyl (C=O) groups excluding carboxylic acids is 2. The molecular formula is C23H28N4O4. The Balaban J connectivity index is 1.37. The third-order valence-electron chi connectivity index (χ3n) is 7.36. The van der Waals surface area contributed by atoms with Crippen LogP contribution in [0.25, 0.3) is 0 Å². The molecule has 0 radical (unpaired) electrons. The van der Waals surface area contributed by atoms with E-state index < -0.39 is 5.72 Å². The van der Waals surface area contributed by atoms with Crippen LogP contribution < -0.4 is 20.1 Å². The van der Waals surface area contributed by atoms with Crippen molar-refractivity contribution >= 4 is 17.5 Å². The Morgan fingerprint density at radius 3 is 2.81 bits per heavy atom. The number of aryl methyl sites for hydroxylation is 2. The van der Waals surface area contributed by atoms with E-state index in [9.17, 15) is 9.59 Å². The molecular weight excluding hydrogens is 396 g/mol. The Morgan fingerprint density at radius 1 is 1.35 bits per heavy atom. The molecule has 1 aliphatic heterocycles. The first kappa shape index (κ1) is 19.9. The number of benzene rings is 1. The topological polar surface area (TPSA) is 94.5 Å². The first-order valence-corrected chi connectivity index (χ1v) is 10.8. The lowest BCUT2D eigenvalue weighted by Crippen LogP contribution is -2.66. The van der Waals surface area contributed by atoms with Crippen LogP contribution in [0.2, 0.25) is 0 Å². The fraction of sp³-hybridized carbons (Fsp3) is 0.522. The van der Waals surface area contributed by atoms with Gasteiger partial charge in [-0.3, -0.25) is 14.3 Å². The van der Waals surface area contributed by atoms with Gasteiger partial charge in [-0.25, -0.2) is 0 Å². The maximum Gasteiger partial charge on any atom is 0.258 e. The molecule has 2 aromatic rings. The number of hydrogen-bond acceptors (Lipinski definition) is 5. The van der Waals surface area contributed by atoms with Gasteiger partial charge in [0.2, 0.25) is 5.91 Å². The third-order valence-corrected chi connectivity index (χ3v) is 7.36. The molecule has 2 amide bonds. The average Bonchev–Trinajstić information content (AvgIpc) is 2.99. The highest BCUT2D eigenvalue weighted by atomic mass is 16.5. The highest BCUT2D eigenvalue weighted by Crippen LogP contribution is 2.53. The molecule has 1 aromatic carbocycles. The Kier molecular flexibility index (Phi) is 4.50. The zero-order valence-electron chi connectivity index (χ0n) is 18.3. The van der Waals surface area contributed by atoms with Crippen LogP contribution in [0, 0.1) is 31.6 Å². The predicted molar refractivity (Wildman–Crippen MR) is 114 cm³/mol.